The minimum Gasteiger partial charge on any atom is -0.369 e. The second kappa shape index (κ2) is 6.46. The summed E-state index contributed by atoms with van der Waals surface area (Å²) >= 11 is 12.0. The molecule has 3 rings (SSSR count). The molecule has 0 saturated heterocycles. The quantitative estimate of drug-likeness (QED) is 0.877. The van der Waals surface area contributed by atoms with Crippen LogP contribution in [0.4, 0.5) is 5.69 Å². The molecule has 124 valence electrons. The van der Waals surface area contributed by atoms with Gasteiger partial charge in [0.2, 0.25) is 5.91 Å². The highest BCUT2D eigenvalue weighted by Crippen LogP contribution is 2.39. The second-order valence-corrected chi connectivity index (χ2v) is 6.72. The van der Waals surface area contributed by atoms with Crippen molar-refractivity contribution in [2.75, 3.05) is 4.90 Å². The van der Waals surface area contributed by atoms with Crippen LogP contribution in [0.1, 0.15) is 35.2 Å². The van der Waals surface area contributed by atoms with Crippen LogP contribution in [0.25, 0.3) is 0 Å². The molecular weight excluding hydrogens is 347 g/mol. The van der Waals surface area contributed by atoms with Crippen molar-refractivity contribution in [3.05, 3.63) is 63.6 Å². The van der Waals surface area contributed by atoms with Gasteiger partial charge in [-0.25, -0.2) is 0 Å². The zero-order valence-electron chi connectivity index (χ0n) is 13.0. The molecule has 0 radical (unpaired) electrons. The molecule has 0 aromatic heterocycles. The highest BCUT2D eigenvalue weighted by molar-refractivity contribution is 6.42. The molecule has 2 N–H and O–H groups in total. The molecule has 2 aromatic carbocycles. The van der Waals surface area contributed by atoms with Crippen LogP contribution < -0.4 is 10.6 Å². The molecule has 1 aliphatic rings. The fourth-order valence-electron chi connectivity index (χ4n) is 3.16. The number of nitrogens with two attached hydrogens (primary N) is 1. The first-order chi connectivity index (χ1) is 11.4. The fraction of sp³-hybridized carbons (Fsp3) is 0.222. The van der Waals surface area contributed by atoms with Gasteiger partial charge < -0.3 is 10.6 Å². The molecule has 0 spiro atoms. The lowest BCUT2D eigenvalue weighted by Gasteiger charge is -2.38. The van der Waals surface area contributed by atoms with Gasteiger partial charge in [0.25, 0.3) is 5.91 Å². The molecule has 2 atom stereocenters. The van der Waals surface area contributed by atoms with Gasteiger partial charge >= 0.3 is 0 Å². The van der Waals surface area contributed by atoms with Gasteiger partial charge in [0, 0.05) is 17.3 Å². The predicted octanol–water partition coefficient (Wildman–Crippen LogP) is 4.00. The number of anilines is 1. The zero-order valence-corrected chi connectivity index (χ0v) is 14.5. The summed E-state index contributed by atoms with van der Waals surface area (Å²) in [4.78, 5) is 26.5. The Kier molecular flexibility index (Phi) is 4.52. The van der Waals surface area contributed by atoms with Crippen molar-refractivity contribution >= 4 is 40.7 Å². The third-order valence-electron chi connectivity index (χ3n) is 4.32. The maximum absolute atomic E-state index is 13.0. The first-order valence-electron chi connectivity index (χ1n) is 7.57. The van der Waals surface area contributed by atoms with Gasteiger partial charge in [-0.05, 0) is 43.2 Å². The lowest BCUT2D eigenvalue weighted by Crippen LogP contribution is -2.45. The Balaban J connectivity index is 2.06. The number of halogens is 2. The average Bonchev–Trinajstić information content (AvgIpc) is 2.56. The average molecular weight is 363 g/mol. The van der Waals surface area contributed by atoms with Crippen LogP contribution in [0.2, 0.25) is 10.0 Å². The minimum atomic E-state index is -0.394. The Morgan fingerprint density at radius 3 is 2.50 bits per heavy atom. The van der Waals surface area contributed by atoms with Gasteiger partial charge in [-0.2, -0.15) is 0 Å². The molecule has 2 amide bonds. The number of carbonyl (C=O) groups is 2. The largest absolute Gasteiger partial charge is 0.369 e. The van der Waals surface area contributed by atoms with Gasteiger partial charge in [-0.15, -0.1) is 0 Å². The molecule has 6 heteroatoms. The van der Waals surface area contributed by atoms with Crippen molar-refractivity contribution in [3.8, 4) is 0 Å². The number of hydrogen-bond acceptors (Lipinski definition) is 2. The van der Waals surface area contributed by atoms with Crippen molar-refractivity contribution in [1.82, 2.24) is 0 Å². The van der Waals surface area contributed by atoms with E-state index < -0.39 is 5.92 Å². The lowest BCUT2D eigenvalue weighted by atomic mass is 9.85. The number of hydrogen-bond donors (Lipinski definition) is 1. The van der Waals surface area contributed by atoms with Crippen LogP contribution in [-0.2, 0) is 4.79 Å². The van der Waals surface area contributed by atoms with Crippen molar-refractivity contribution in [2.24, 2.45) is 5.73 Å². The van der Waals surface area contributed by atoms with E-state index in [1.54, 1.807) is 23.1 Å². The van der Waals surface area contributed by atoms with Crippen LogP contribution in [0, 0.1) is 0 Å². The normalized spacial score (nSPS) is 19.7. The third-order valence-corrected chi connectivity index (χ3v) is 5.06. The lowest BCUT2D eigenvalue weighted by molar-refractivity contribution is -0.119. The molecule has 4 nitrogen and oxygen atoms in total. The van der Waals surface area contributed by atoms with E-state index in [9.17, 15) is 9.59 Å². The molecule has 0 saturated carbocycles. The van der Waals surface area contributed by atoms with E-state index in [0.717, 1.165) is 5.56 Å². The third kappa shape index (κ3) is 2.87. The molecule has 1 heterocycles. The number of carbonyl (C=O) groups excluding carboxylic acids is 2. The zero-order chi connectivity index (χ0) is 17.4. The fourth-order valence-corrected chi connectivity index (χ4v) is 3.46. The van der Waals surface area contributed by atoms with Crippen LogP contribution >= 0.6 is 23.2 Å². The Hall–Kier alpha value is -2.04. The highest BCUT2D eigenvalue weighted by atomic mass is 35.5. The topological polar surface area (TPSA) is 63.4 Å². The number of benzene rings is 2. The number of para-hydroxylation sites is 1. The van der Waals surface area contributed by atoms with Crippen molar-refractivity contribution in [2.45, 2.75) is 25.3 Å². The molecule has 1 aliphatic heterocycles. The molecule has 0 bridgehead atoms. The minimum absolute atomic E-state index is 0.167. The molecular formula is C18H16Cl2N2O2. The second-order valence-electron chi connectivity index (χ2n) is 5.90. The maximum Gasteiger partial charge on any atom is 0.258 e. The number of nitrogens with zero attached hydrogens (tertiary/aromatic N) is 1. The van der Waals surface area contributed by atoms with Gasteiger partial charge in [-0.1, -0.05) is 41.4 Å². The maximum atomic E-state index is 13.0. The van der Waals surface area contributed by atoms with Crippen LogP contribution in [0.3, 0.4) is 0 Å². The van der Waals surface area contributed by atoms with E-state index in [-0.39, 0.29) is 17.9 Å². The van der Waals surface area contributed by atoms with E-state index in [0.29, 0.717) is 27.7 Å². The van der Waals surface area contributed by atoms with E-state index in [4.69, 9.17) is 28.9 Å². The Bertz CT molecular complexity index is 822. The first kappa shape index (κ1) is 16.8. The summed E-state index contributed by atoms with van der Waals surface area (Å²) in [5.41, 5.74) is 7.47. The molecule has 24 heavy (non-hydrogen) atoms. The van der Waals surface area contributed by atoms with Crippen LogP contribution in [0.15, 0.2) is 42.5 Å². The van der Waals surface area contributed by atoms with Gasteiger partial charge in [0.1, 0.15) is 0 Å². The number of amides is 2. The van der Waals surface area contributed by atoms with E-state index in [1.165, 1.54) is 0 Å². The summed E-state index contributed by atoms with van der Waals surface area (Å²) in [7, 11) is 0. The van der Waals surface area contributed by atoms with Crippen molar-refractivity contribution < 1.29 is 9.59 Å². The smallest absolute Gasteiger partial charge is 0.258 e. The number of fused-ring (bicyclic) bond motifs is 1. The SMILES string of the molecule is CC1CC(C(N)=O)c2ccccc2N1C(=O)c1ccc(Cl)c(Cl)c1. The highest BCUT2D eigenvalue weighted by Gasteiger charge is 2.36. The standard InChI is InChI=1S/C18H16Cl2N2O2/c1-10-8-13(17(21)23)12-4-2-3-5-16(12)22(10)18(24)11-6-7-14(19)15(20)9-11/h2-7,9-10,13H,8H2,1H3,(H2,21,23). The van der Waals surface area contributed by atoms with E-state index >= 15 is 0 Å². The monoisotopic (exact) mass is 362 g/mol. The summed E-state index contributed by atoms with van der Waals surface area (Å²) in [6.07, 6.45) is 0.486. The van der Waals surface area contributed by atoms with E-state index in [1.807, 2.05) is 31.2 Å². The molecule has 0 fully saturated rings. The van der Waals surface area contributed by atoms with Crippen LogP contribution in [0.5, 0.6) is 0 Å². The summed E-state index contributed by atoms with van der Waals surface area (Å²) in [5.74, 6) is -0.957. The summed E-state index contributed by atoms with van der Waals surface area (Å²) in [6.45, 7) is 1.90. The number of primary amides is 1. The number of rotatable bonds is 2. The van der Waals surface area contributed by atoms with Crippen LogP contribution in [-0.4, -0.2) is 17.9 Å². The van der Waals surface area contributed by atoms with Crippen molar-refractivity contribution in [3.63, 3.8) is 0 Å². The van der Waals surface area contributed by atoms with Gasteiger partial charge in [0.05, 0.1) is 16.0 Å². The molecule has 2 unspecified atom stereocenters. The Labute approximate surface area is 150 Å². The van der Waals surface area contributed by atoms with E-state index in [2.05, 4.69) is 0 Å². The first-order valence-corrected chi connectivity index (χ1v) is 8.32. The Morgan fingerprint density at radius 1 is 1.12 bits per heavy atom. The summed E-state index contributed by atoms with van der Waals surface area (Å²) in [5, 5.41) is 0.726. The van der Waals surface area contributed by atoms with Gasteiger partial charge in [0.15, 0.2) is 0 Å². The molecule has 0 aliphatic carbocycles. The summed E-state index contributed by atoms with van der Waals surface area (Å²) < 4.78 is 0. The molecule has 2 aromatic rings. The summed E-state index contributed by atoms with van der Waals surface area (Å²) in [6, 6.07) is 12.0. The van der Waals surface area contributed by atoms with Gasteiger partial charge in [-0.3, -0.25) is 9.59 Å². The van der Waals surface area contributed by atoms with Crippen molar-refractivity contribution in [1.29, 1.82) is 0 Å². The Morgan fingerprint density at radius 2 is 1.83 bits per heavy atom. The predicted molar refractivity (Wildman–Crippen MR) is 95.7 cm³/mol.